The van der Waals surface area contributed by atoms with Crippen LogP contribution >= 0.6 is 0 Å². The van der Waals surface area contributed by atoms with Crippen LogP contribution in [0.25, 0.3) is 0 Å². The van der Waals surface area contributed by atoms with Crippen LogP contribution in [0.4, 0.5) is 0 Å². The number of amides is 7. The molecule has 0 aromatic heterocycles. The van der Waals surface area contributed by atoms with Gasteiger partial charge in [-0.2, -0.15) is 0 Å². The molecule has 0 rings (SSSR count). The van der Waals surface area contributed by atoms with Gasteiger partial charge in [0, 0.05) is 14.0 Å². The summed E-state index contributed by atoms with van der Waals surface area (Å²) in [6.07, 6.45) is 0.945. The average Bonchev–Trinajstić information content (AvgIpc) is 2.97. The molecule has 0 aliphatic rings. The summed E-state index contributed by atoms with van der Waals surface area (Å²) >= 11 is 0. The minimum absolute atomic E-state index is 0.0119. The van der Waals surface area contributed by atoms with E-state index in [1.165, 1.54) is 14.0 Å². The third-order valence-electron chi connectivity index (χ3n) is 8.07. The molecule has 0 aromatic carbocycles. The van der Waals surface area contributed by atoms with E-state index in [9.17, 15) is 33.6 Å². The molecule has 0 heterocycles. The van der Waals surface area contributed by atoms with Gasteiger partial charge in [-0.25, -0.2) is 0 Å². The second-order valence-electron chi connectivity index (χ2n) is 15.6. The molecule has 14 heteroatoms. The third-order valence-corrected chi connectivity index (χ3v) is 8.07. The SMILES string of the molecule is CNC(=O)[C@H](CC(C)C)NC(=O)[C@@H](NC(=O)[C@H](CC(C)C)NC(=O)[C@@H](NC(=O)[C@H](CC(C)C)NC(=O)[C@@H](NC(C)=O)C(C)C)C(C)C)C(C)C. The maximum atomic E-state index is 13.7. The number of hydrogen-bond donors (Lipinski definition) is 7. The Balaban J connectivity index is 6.13. The molecule has 0 saturated heterocycles. The van der Waals surface area contributed by atoms with Gasteiger partial charge < -0.3 is 37.2 Å². The third kappa shape index (κ3) is 16.8. The van der Waals surface area contributed by atoms with Crippen molar-refractivity contribution in [3.63, 3.8) is 0 Å². The van der Waals surface area contributed by atoms with Crippen LogP contribution in [0.15, 0.2) is 0 Å². The van der Waals surface area contributed by atoms with Crippen molar-refractivity contribution in [3.05, 3.63) is 0 Å². The quantitative estimate of drug-likeness (QED) is 0.0941. The Bertz CT molecular complexity index is 1150. The van der Waals surface area contributed by atoms with Crippen LogP contribution in [-0.2, 0) is 33.6 Å². The van der Waals surface area contributed by atoms with Gasteiger partial charge in [0.25, 0.3) is 0 Å². The topological polar surface area (TPSA) is 204 Å². The lowest BCUT2D eigenvalue weighted by Crippen LogP contribution is -2.61. The standard InChI is InChI=1S/C36H67N7O7/c1-18(2)15-25(31(45)37-14)39-35(49)29(22(9)10)42-33(47)27(17-20(5)6)41-36(50)30(23(11)12)43-32(46)26(16-19(3)4)40-34(48)28(21(7)8)38-24(13)44/h18-23,25-30H,15-17H2,1-14H3,(H,37,45)(H,38,44)(H,39,49)(H,40,48)(H,41,50)(H,42,47)(H,43,46)/t25-,26-,27-,28-,29-,30-/m0/s1. The zero-order chi connectivity index (χ0) is 39.0. The normalized spacial score (nSPS) is 15.2. The first-order valence-corrected chi connectivity index (χ1v) is 18.0. The minimum atomic E-state index is -1.05. The number of hydrogen-bond acceptors (Lipinski definition) is 7. The predicted octanol–water partition coefficient (Wildman–Crippen LogP) is 1.77. The van der Waals surface area contributed by atoms with Crippen LogP contribution in [0, 0.1) is 35.5 Å². The molecule has 0 aromatic rings. The second-order valence-corrected chi connectivity index (χ2v) is 15.6. The molecular weight excluding hydrogens is 642 g/mol. The van der Waals surface area contributed by atoms with Crippen LogP contribution in [0.3, 0.4) is 0 Å². The molecule has 0 fully saturated rings. The van der Waals surface area contributed by atoms with Gasteiger partial charge in [0.2, 0.25) is 41.4 Å². The zero-order valence-corrected chi connectivity index (χ0v) is 32.9. The Morgan fingerprint density at radius 1 is 0.380 bits per heavy atom. The van der Waals surface area contributed by atoms with Gasteiger partial charge in [0.15, 0.2) is 0 Å². The van der Waals surface area contributed by atoms with Crippen molar-refractivity contribution in [3.8, 4) is 0 Å². The van der Waals surface area contributed by atoms with E-state index in [0.717, 1.165) is 0 Å². The fourth-order valence-electron chi connectivity index (χ4n) is 5.40. The van der Waals surface area contributed by atoms with Crippen molar-refractivity contribution in [2.75, 3.05) is 7.05 Å². The summed E-state index contributed by atoms with van der Waals surface area (Å²) in [6, 6.07) is -5.69. The van der Waals surface area contributed by atoms with E-state index in [1.807, 2.05) is 41.5 Å². The lowest BCUT2D eigenvalue weighted by atomic mass is 9.97. The largest absolute Gasteiger partial charge is 0.357 e. The van der Waals surface area contributed by atoms with Gasteiger partial charge in [-0.3, -0.25) is 33.6 Å². The minimum Gasteiger partial charge on any atom is -0.357 e. The van der Waals surface area contributed by atoms with Crippen molar-refractivity contribution < 1.29 is 33.6 Å². The Morgan fingerprint density at radius 3 is 0.860 bits per heavy atom. The van der Waals surface area contributed by atoms with Crippen LogP contribution in [0.5, 0.6) is 0 Å². The molecule has 288 valence electrons. The Morgan fingerprint density at radius 2 is 0.640 bits per heavy atom. The van der Waals surface area contributed by atoms with Crippen molar-refractivity contribution in [2.24, 2.45) is 35.5 Å². The molecule has 0 aliphatic carbocycles. The molecule has 7 N–H and O–H groups in total. The summed E-state index contributed by atoms with van der Waals surface area (Å²) in [5, 5.41) is 19.1. The molecule has 0 saturated carbocycles. The van der Waals surface area contributed by atoms with E-state index in [1.54, 1.807) is 41.5 Å². The molecule has 0 bridgehead atoms. The van der Waals surface area contributed by atoms with E-state index in [0.29, 0.717) is 6.42 Å². The highest BCUT2D eigenvalue weighted by molar-refractivity contribution is 5.97. The highest BCUT2D eigenvalue weighted by atomic mass is 16.2. The molecule has 0 aliphatic heterocycles. The summed E-state index contributed by atoms with van der Waals surface area (Å²) < 4.78 is 0. The van der Waals surface area contributed by atoms with Gasteiger partial charge in [-0.15, -0.1) is 0 Å². The number of carbonyl (C=O) groups is 7. The molecule has 50 heavy (non-hydrogen) atoms. The molecule has 6 atom stereocenters. The molecular formula is C36H67N7O7. The van der Waals surface area contributed by atoms with Crippen molar-refractivity contribution in [2.45, 2.75) is 146 Å². The van der Waals surface area contributed by atoms with Crippen LogP contribution in [-0.4, -0.2) is 84.6 Å². The lowest BCUT2D eigenvalue weighted by molar-refractivity contribution is -0.136. The van der Waals surface area contributed by atoms with Gasteiger partial charge in [-0.1, -0.05) is 83.1 Å². The highest BCUT2D eigenvalue weighted by Crippen LogP contribution is 2.13. The average molecular weight is 710 g/mol. The van der Waals surface area contributed by atoms with Gasteiger partial charge >= 0.3 is 0 Å². The lowest BCUT2D eigenvalue weighted by Gasteiger charge is -2.30. The molecule has 0 radical (unpaired) electrons. The maximum absolute atomic E-state index is 13.7. The smallest absolute Gasteiger partial charge is 0.243 e. The number of nitrogens with one attached hydrogen (secondary N) is 7. The Labute approximate surface area is 299 Å². The van der Waals surface area contributed by atoms with E-state index in [-0.39, 0.29) is 54.2 Å². The predicted molar refractivity (Wildman–Crippen MR) is 194 cm³/mol. The highest BCUT2D eigenvalue weighted by Gasteiger charge is 2.35. The molecule has 7 amide bonds. The summed E-state index contributed by atoms with van der Waals surface area (Å²) in [5.41, 5.74) is 0. The van der Waals surface area contributed by atoms with Crippen LogP contribution in [0.1, 0.15) is 109 Å². The molecule has 14 nitrogen and oxygen atoms in total. The Hall–Kier alpha value is -3.71. The molecule has 0 spiro atoms. The first-order chi connectivity index (χ1) is 23.0. The Kier molecular flexibility index (Phi) is 20.5. The number of carbonyl (C=O) groups excluding carboxylic acids is 7. The monoisotopic (exact) mass is 710 g/mol. The first-order valence-electron chi connectivity index (χ1n) is 18.0. The second kappa shape index (κ2) is 22.2. The van der Waals surface area contributed by atoms with Crippen LogP contribution < -0.4 is 37.2 Å². The van der Waals surface area contributed by atoms with Crippen molar-refractivity contribution >= 4 is 41.4 Å². The summed E-state index contributed by atoms with van der Waals surface area (Å²) in [5.74, 6) is -4.32. The first kappa shape index (κ1) is 46.3. The molecule has 0 unspecified atom stereocenters. The van der Waals surface area contributed by atoms with E-state index in [2.05, 4.69) is 37.2 Å². The maximum Gasteiger partial charge on any atom is 0.243 e. The van der Waals surface area contributed by atoms with Crippen molar-refractivity contribution in [1.82, 2.24) is 37.2 Å². The summed E-state index contributed by atoms with van der Waals surface area (Å²) in [6.45, 7) is 23.4. The summed E-state index contributed by atoms with van der Waals surface area (Å²) in [4.78, 5) is 91.8. The fraction of sp³-hybridized carbons (Fsp3) is 0.806. The van der Waals surface area contributed by atoms with E-state index in [4.69, 9.17) is 0 Å². The van der Waals surface area contributed by atoms with E-state index >= 15 is 0 Å². The summed E-state index contributed by atoms with van der Waals surface area (Å²) in [7, 11) is 1.49. The number of rotatable bonds is 21. The van der Waals surface area contributed by atoms with Gasteiger partial charge in [0.1, 0.15) is 36.3 Å². The van der Waals surface area contributed by atoms with Gasteiger partial charge in [-0.05, 0) is 54.8 Å². The van der Waals surface area contributed by atoms with E-state index < -0.39 is 71.7 Å². The zero-order valence-electron chi connectivity index (χ0n) is 32.9. The van der Waals surface area contributed by atoms with Crippen molar-refractivity contribution in [1.29, 1.82) is 0 Å². The van der Waals surface area contributed by atoms with Gasteiger partial charge in [0.05, 0.1) is 0 Å². The number of likely N-dealkylation sites (N-methyl/N-ethyl adjacent to an activating group) is 1. The fourth-order valence-corrected chi connectivity index (χ4v) is 5.40. The van der Waals surface area contributed by atoms with Crippen LogP contribution in [0.2, 0.25) is 0 Å².